The summed E-state index contributed by atoms with van der Waals surface area (Å²) in [6, 6.07) is 0. The monoisotopic (exact) mass is 291 g/mol. The molecule has 0 radical (unpaired) electrons. The zero-order chi connectivity index (χ0) is 14.8. The minimum Gasteiger partial charge on any atom is -0.353 e. The Labute approximate surface area is 128 Å². The molecule has 0 aromatic carbocycles. The highest BCUT2D eigenvalue weighted by atomic mass is 16.5. The van der Waals surface area contributed by atoms with E-state index in [9.17, 15) is 4.79 Å². The fourth-order valence-corrected chi connectivity index (χ4v) is 6.12. The van der Waals surface area contributed by atoms with Gasteiger partial charge in [-0.15, -0.1) is 0 Å². The molecular formula is C18H29NO2. The molecule has 4 saturated carbocycles. The van der Waals surface area contributed by atoms with Gasteiger partial charge >= 0.3 is 0 Å². The minimum atomic E-state index is -0.184. The second kappa shape index (κ2) is 4.71. The van der Waals surface area contributed by atoms with Crippen molar-refractivity contribution in [2.24, 2.45) is 35.5 Å². The van der Waals surface area contributed by atoms with E-state index in [4.69, 9.17) is 4.74 Å². The zero-order valence-corrected chi connectivity index (χ0v) is 13.6. The highest BCUT2D eigenvalue weighted by Gasteiger charge is 2.53. The van der Waals surface area contributed by atoms with Gasteiger partial charge in [-0.1, -0.05) is 0 Å². The zero-order valence-electron chi connectivity index (χ0n) is 13.6. The largest absolute Gasteiger partial charge is 0.353 e. The van der Waals surface area contributed by atoms with Gasteiger partial charge in [0.05, 0.1) is 5.60 Å². The topological polar surface area (TPSA) is 38.3 Å². The molecule has 5 rings (SSSR count). The van der Waals surface area contributed by atoms with E-state index >= 15 is 0 Å². The lowest BCUT2D eigenvalue weighted by Crippen LogP contribution is -2.48. The molecule has 3 nitrogen and oxygen atoms in total. The standard InChI is InChI=1S/C18H29NO2/c1-18(2,3)21-15-9-14(17(20)19-15)16-12-5-10-4-11(7-12)8-13(16)6-10/h10-16H,4-9H2,1-3H3,(H,19,20). The van der Waals surface area contributed by atoms with E-state index in [1.165, 1.54) is 32.1 Å². The van der Waals surface area contributed by atoms with Crippen LogP contribution < -0.4 is 5.32 Å². The summed E-state index contributed by atoms with van der Waals surface area (Å²) in [6.45, 7) is 6.19. The Morgan fingerprint density at radius 1 is 0.952 bits per heavy atom. The van der Waals surface area contributed by atoms with Crippen LogP contribution in [-0.4, -0.2) is 17.7 Å². The predicted molar refractivity (Wildman–Crippen MR) is 81.4 cm³/mol. The molecule has 5 fully saturated rings. The molecular weight excluding hydrogens is 262 g/mol. The third kappa shape index (κ3) is 2.52. The van der Waals surface area contributed by atoms with Gasteiger partial charge < -0.3 is 10.1 Å². The van der Waals surface area contributed by atoms with Crippen LogP contribution in [0.4, 0.5) is 0 Å². The van der Waals surface area contributed by atoms with Gasteiger partial charge in [0.15, 0.2) is 0 Å². The molecule has 0 aromatic heterocycles. The highest BCUT2D eigenvalue weighted by Crippen LogP contribution is 2.59. The number of hydrogen-bond donors (Lipinski definition) is 1. The Hall–Kier alpha value is -0.570. The first-order chi connectivity index (χ1) is 9.89. The van der Waals surface area contributed by atoms with Crippen LogP contribution in [0.1, 0.15) is 59.3 Å². The molecule has 4 bridgehead atoms. The summed E-state index contributed by atoms with van der Waals surface area (Å²) >= 11 is 0. The molecule has 1 saturated heterocycles. The Morgan fingerprint density at radius 3 is 2.05 bits per heavy atom. The third-order valence-electron chi connectivity index (χ3n) is 6.37. The van der Waals surface area contributed by atoms with E-state index < -0.39 is 0 Å². The number of hydrogen-bond acceptors (Lipinski definition) is 2. The van der Waals surface area contributed by atoms with Gasteiger partial charge in [0.25, 0.3) is 0 Å². The van der Waals surface area contributed by atoms with Crippen molar-refractivity contribution in [3.8, 4) is 0 Å². The van der Waals surface area contributed by atoms with E-state index in [-0.39, 0.29) is 23.7 Å². The Kier molecular flexibility index (Phi) is 3.15. The van der Waals surface area contributed by atoms with Crippen LogP contribution >= 0.6 is 0 Å². The fraction of sp³-hybridized carbons (Fsp3) is 0.944. The summed E-state index contributed by atoms with van der Waals surface area (Å²) < 4.78 is 6.01. The smallest absolute Gasteiger partial charge is 0.225 e. The van der Waals surface area contributed by atoms with Gasteiger partial charge in [0, 0.05) is 12.3 Å². The van der Waals surface area contributed by atoms with Crippen molar-refractivity contribution in [2.75, 3.05) is 0 Å². The molecule has 118 valence electrons. The van der Waals surface area contributed by atoms with Crippen molar-refractivity contribution >= 4 is 5.91 Å². The van der Waals surface area contributed by atoms with Gasteiger partial charge in [0.2, 0.25) is 5.91 Å². The average molecular weight is 291 g/mol. The minimum absolute atomic E-state index is 0.0697. The van der Waals surface area contributed by atoms with E-state index in [0.717, 1.165) is 30.1 Å². The van der Waals surface area contributed by atoms with Crippen molar-refractivity contribution in [3.63, 3.8) is 0 Å². The van der Waals surface area contributed by atoms with Crippen molar-refractivity contribution in [1.29, 1.82) is 0 Å². The fourth-order valence-electron chi connectivity index (χ4n) is 6.12. The third-order valence-corrected chi connectivity index (χ3v) is 6.37. The highest BCUT2D eigenvalue weighted by molar-refractivity contribution is 5.81. The summed E-state index contributed by atoms with van der Waals surface area (Å²) in [7, 11) is 0. The molecule has 3 heteroatoms. The number of amides is 1. The normalized spacial score (nSPS) is 48.7. The van der Waals surface area contributed by atoms with Crippen LogP contribution in [-0.2, 0) is 9.53 Å². The number of nitrogens with one attached hydrogen (secondary N) is 1. The van der Waals surface area contributed by atoms with Crippen LogP contribution in [0.25, 0.3) is 0 Å². The Bertz CT molecular complexity index is 411. The number of carbonyl (C=O) groups is 1. The van der Waals surface area contributed by atoms with E-state index in [0.29, 0.717) is 5.92 Å². The van der Waals surface area contributed by atoms with Gasteiger partial charge in [-0.3, -0.25) is 4.79 Å². The second-order valence-corrected chi connectivity index (χ2v) is 9.08. The van der Waals surface area contributed by atoms with Crippen molar-refractivity contribution < 1.29 is 9.53 Å². The molecule has 0 spiro atoms. The lowest BCUT2D eigenvalue weighted by Gasteiger charge is -2.55. The quantitative estimate of drug-likeness (QED) is 0.847. The molecule has 1 amide bonds. The van der Waals surface area contributed by atoms with Crippen molar-refractivity contribution in [2.45, 2.75) is 71.1 Å². The van der Waals surface area contributed by atoms with E-state index in [2.05, 4.69) is 26.1 Å². The summed E-state index contributed by atoms with van der Waals surface area (Å²) in [5.74, 6) is 4.74. The summed E-state index contributed by atoms with van der Waals surface area (Å²) in [5, 5.41) is 3.11. The van der Waals surface area contributed by atoms with Gasteiger partial charge in [-0.05, 0) is 82.5 Å². The average Bonchev–Trinajstić information content (AvgIpc) is 2.66. The first-order valence-electron chi connectivity index (χ1n) is 8.87. The molecule has 2 atom stereocenters. The first kappa shape index (κ1) is 14.0. The Balaban J connectivity index is 1.48. The lowest BCUT2D eigenvalue weighted by molar-refractivity contribution is -0.131. The van der Waals surface area contributed by atoms with Crippen LogP contribution in [0.15, 0.2) is 0 Å². The SMILES string of the molecule is CC(C)(C)OC1CC(C2C3CC4CC(C3)CC2C4)C(=O)N1. The van der Waals surface area contributed by atoms with Crippen molar-refractivity contribution in [3.05, 3.63) is 0 Å². The Morgan fingerprint density at radius 2 is 1.52 bits per heavy atom. The summed E-state index contributed by atoms with van der Waals surface area (Å²) in [4.78, 5) is 12.5. The molecule has 1 aliphatic heterocycles. The van der Waals surface area contributed by atoms with E-state index in [1.807, 2.05) is 0 Å². The summed E-state index contributed by atoms with van der Waals surface area (Å²) in [6.07, 6.45) is 7.88. The molecule has 21 heavy (non-hydrogen) atoms. The van der Waals surface area contributed by atoms with Crippen molar-refractivity contribution in [1.82, 2.24) is 5.32 Å². The maximum Gasteiger partial charge on any atom is 0.225 e. The number of rotatable bonds is 2. The predicted octanol–water partition coefficient (Wildman–Crippen LogP) is 3.34. The van der Waals surface area contributed by atoms with Gasteiger partial charge in [-0.2, -0.15) is 0 Å². The number of ether oxygens (including phenoxy) is 1. The molecule has 5 aliphatic rings. The molecule has 1 heterocycles. The molecule has 1 N–H and O–H groups in total. The van der Waals surface area contributed by atoms with Crippen LogP contribution in [0.2, 0.25) is 0 Å². The van der Waals surface area contributed by atoms with Crippen LogP contribution in [0.5, 0.6) is 0 Å². The first-order valence-corrected chi connectivity index (χ1v) is 8.87. The molecule has 2 unspecified atom stereocenters. The van der Waals surface area contributed by atoms with Gasteiger partial charge in [-0.25, -0.2) is 0 Å². The van der Waals surface area contributed by atoms with Crippen LogP contribution in [0.3, 0.4) is 0 Å². The second-order valence-electron chi connectivity index (χ2n) is 9.08. The summed E-state index contributed by atoms with van der Waals surface area (Å²) in [5.41, 5.74) is -0.184. The lowest BCUT2D eigenvalue weighted by atomic mass is 9.49. The number of carbonyl (C=O) groups excluding carboxylic acids is 1. The van der Waals surface area contributed by atoms with Crippen LogP contribution in [0, 0.1) is 35.5 Å². The van der Waals surface area contributed by atoms with Gasteiger partial charge in [0.1, 0.15) is 6.23 Å². The molecule has 0 aromatic rings. The maximum atomic E-state index is 12.5. The maximum absolute atomic E-state index is 12.5. The molecule has 4 aliphatic carbocycles. The van der Waals surface area contributed by atoms with E-state index in [1.54, 1.807) is 0 Å².